The average Bonchev–Trinajstić information content (AvgIpc) is 2.17. The smallest absolute Gasteiger partial charge is 0.310 e. The lowest BCUT2D eigenvalue weighted by Gasteiger charge is -2.18. The van der Waals surface area contributed by atoms with Gasteiger partial charge in [-0.2, -0.15) is 0 Å². The molecule has 0 radical (unpaired) electrons. The molecule has 0 saturated carbocycles. The topological polar surface area (TPSA) is 54.4 Å². The van der Waals surface area contributed by atoms with Crippen molar-refractivity contribution < 1.29 is 14.1 Å². The number of benzene rings is 1. The molecule has 1 unspecified atom stereocenters. The molecule has 0 aliphatic rings. The van der Waals surface area contributed by atoms with Gasteiger partial charge in [0.15, 0.2) is 0 Å². The van der Waals surface area contributed by atoms with E-state index in [0.29, 0.717) is 4.90 Å². The zero-order valence-corrected chi connectivity index (χ0v) is 10.5. The molecule has 0 aliphatic carbocycles. The Kier molecular flexibility index (Phi) is 3.86. The average molecular weight is 240 g/mol. The second-order valence-electron chi connectivity index (χ2n) is 4.49. The quantitative estimate of drug-likeness (QED) is 0.878. The molecular formula is C12H16O3S. The molecule has 1 N–H and O–H groups in total. The van der Waals surface area contributed by atoms with E-state index in [-0.39, 0.29) is 5.75 Å². The van der Waals surface area contributed by atoms with Crippen LogP contribution in [-0.4, -0.2) is 21.0 Å². The Morgan fingerprint density at radius 3 is 2.25 bits per heavy atom. The van der Waals surface area contributed by atoms with Gasteiger partial charge in [-0.3, -0.25) is 9.00 Å². The summed E-state index contributed by atoms with van der Waals surface area (Å²) in [5.41, 5.74) is 0.133. The number of carbonyl (C=O) groups is 1. The molecule has 0 heterocycles. The zero-order chi connectivity index (χ0) is 12.3. The minimum absolute atomic E-state index is 0.130. The van der Waals surface area contributed by atoms with Crippen molar-refractivity contribution in [3.8, 4) is 0 Å². The minimum atomic E-state index is -1.26. The Balaban J connectivity index is 2.81. The Morgan fingerprint density at radius 1 is 1.31 bits per heavy atom. The molecule has 16 heavy (non-hydrogen) atoms. The van der Waals surface area contributed by atoms with Crippen LogP contribution in [0.1, 0.15) is 19.4 Å². The number of rotatable bonds is 4. The van der Waals surface area contributed by atoms with Crippen LogP contribution in [0.2, 0.25) is 0 Å². The van der Waals surface area contributed by atoms with Crippen molar-refractivity contribution in [3.05, 3.63) is 29.8 Å². The molecule has 0 amide bonds. The zero-order valence-electron chi connectivity index (χ0n) is 9.69. The van der Waals surface area contributed by atoms with Crippen molar-refractivity contribution in [1.82, 2.24) is 0 Å². The first-order valence-electron chi connectivity index (χ1n) is 5.01. The van der Waals surface area contributed by atoms with Gasteiger partial charge in [-0.05, 0) is 32.9 Å². The van der Waals surface area contributed by atoms with Gasteiger partial charge in [-0.25, -0.2) is 0 Å². The van der Waals surface area contributed by atoms with Crippen LogP contribution in [0, 0.1) is 12.3 Å². The van der Waals surface area contributed by atoms with E-state index in [1.807, 2.05) is 19.1 Å². The van der Waals surface area contributed by atoms with E-state index in [9.17, 15) is 9.00 Å². The normalized spacial score (nSPS) is 13.4. The van der Waals surface area contributed by atoms with Gasteiger partial charge in [0.25, 0.3) is 0 Å². The number of hydrogen-bond acceptors (Lipinski definition) is 2. The molecule has 3 nitrogen and oxygen atoms in total. The molecule has 88 valence electrons. The largest absolute Gasteiger partial charge is 0.481 e. The Hall–Kier alpha value is -1.16. The van der Waals surface area contributed by atoms with Crippen molar-refractivity contribution in [3.63, 3.8) is 0 Å². The molecule has 0 aromatic heterocycles. The fourth-order valence-corrected chi connectivity index (χ4v) is 2.55. The van der Waals surface area contributed by atoms with Crippen molar-refractivity contribution in [1.29, 1.82) is 0 Å². The summed E-state index contributed by atoms with van der Waals surface area (Å²) in [6, 6.07) is 7.31. The van der Waals surface area contributed by atoms with E-state index in [4.69, 9.17) is 5.11 Å². The van der Waals surface area contributed by atoms with Gasteiger partial charge < -0.3 is 5.11 Å². The van der Waals surface area contributed by atoms with Gasteiger partial charge in [-0.15, -0.1) is 0 Å². The van der Waals surface area contributed by atoms with Crippen LogP contribution in [-0.2, 0) is 15.6 Å². The molecule has 0 bridgehead atoms. The van der Waals surface area contributed by atoms with Gasteiger partial charge in [0, 0.05) is 10.6 Å². The van der Waals surface area contributed by atoms with Crippen molar-refractivity contribution in [2.45, 2.75) is 25.7 Å². The lowest BCUT2D eigenvalue weighted by Crippen LogP contribution is -2.30. The number of carboxylic acid groups (broad SMARTS) is 1. The lowest BCUT2D eigenvalue weighted by atomic mass is 9.97. The highest BCUT2D eigenvalue weighted by molar-refractivity contribution is 7.85. The minimum Gasteiger partial charge on any atom is -0.481 e. The van der Waals surface area contributed by atoms with Crippen LogP contribution >= 0.6 is 0 Å². The molecule has 1 aromatic rings. The molecule has 1 rings (SSSR count). The van der Waals surface area contributed by atoms with Crippen molar-refractivity contribution in [2.75, 3.05) is 5.75 Å². The van der Waals surface area contributed by atoms with Gasteiger partial charge in [-0.1, -0.05) is 17.7 Å². The summed E-state index contributed by atoms with van der Waals surface area (Å²) in [4.78, 5) is 11.6. The summed E-state index contributed by atoms with van der Waals surface area (Å²) in [6.45, 7) is 5.12. The van der Waals surface area contributed by atoms with Crippen LogP contribution < -0.4 is 0 Å². The summed E-state index contributed by atoms with van der Waals surface area (Å²) >= 11 is 0. The predicted molar refractivity (Wildman–Crippen MR) is 63.9 cm³/mol. The van der Waals surface area contributed by atoms with Crippen molar-refractivity contribution >= 4 is 16.8 Å². The van der Waals surface area contributed by atoms with Gasteiger partial charge in [0.2, 0.25) is 0 Å². The highest BCUT2D eigenvalue weighted by Gasteiger charge is 2.29. The third-order valence-electron chi connectivity index (χ3n) is 2.35. The molecule has 0 aliphatic heterocycles. The van der Waals surface area contributed by atoms with Crippen LogP contribution in [0.15, 0.2) is 29.2 Å². The maximum atomic E-state index is 11.9. The number of aliphatic carboxylic acids is 1. The Morgan fingerprint density at radius 2 is 1.81 bits per heavy atom. The SMILES string of the molecule is Cc1ccc(S(=O)CC(C)(C)C(=O)O)cc1. The molecular weight excluding hydrogens is 224 g/mol. The fraction of sp³-hybridized carbons (Fsp3) is 0.417. The van der Waals surface area contributed by atoms with Crippen LogP contribution in [0.4, 0.5) is 0 Å². The number of hydrogen-bond donors (Lipinski definition) is 1. The summed E-state index contributed by atoms with van der Waals surface area (Å²) in [5.74, 6) is -0.793. The summed E-state index contributed by atoms with van der Waals surface area (Å²) in [7, 11) is -1.26. The Bertz CT molecular complexity index is 407. The van der Waals surface area contributed by atoms with E-state index in [0.717, 1.165) is 5.56 Å². The third-order valence-corrected chi connectivity index (χ3v) is 4.14. The van der Waals surface area contributed by atoms with E-state index in [1.165, 1.54) is 0 Å². The second-order valence-corrected chi connectivity index (χ2v) is 5.94. The molecule has 0 spiro atoms. The number of aryl methyl sites for hydroxylation is 1. The highest BCUT2D eigenvalue weighted by Crippen LogP contribution is 2.20. The van der Waals surface area contributed by atoms with Crippen LogP contribution in [0.3, 0.4) is 0 Å². The summed E-state index contributed by atoms with van der Waals surface area (Å²) in [6.07, 6.45) is 0. The molecule has 1 atom stereocenters. The first-order chi connectivity index (χ1) is 7.33. The lowest BCUT2D eigenvalue weighted by molar-refractivity contribution is -0.145. The van der Waals surface area contributed by atoms with Crippen LogP contribution in [0.5, 0.6) is 0 Å². The first-order valence-corrected chi connectivity index (χ1v) is 6.33. The third kappa shape index (κ3) is 3.17. The maximum absolute atomic E-state index is 11.9. The Labute approximate surface area is 98.0 Å². The summed E-state index contributed by atoms with van der Waals surface area (Å²) in [5, 5.41) is 8.95. The first kappa shape index (κ1) is 12.9. The maximum Gasteiger partial charge on any atom is 0.310 e. The number of carboxylic acids is 1. The molecule has 1 aromatic carbocycles. The second kappa shape index (κ2) is 4.78. The molecule has 4 heteroatoms. The van der Waals surface area contributed by atoms with Crippen LogP contribution in [0.25, 0.3) is 0 Å². The van der Waals surface area contributed by atoms with E-state index in [2.05, 4.69) is 0 Å². The fourth-order valence-electron chi connectivity index (χ4n) is 1.16. The predicted octanol–water partition coefficient (Wildman–Crippen LogP) is 2.21. The van der Waals surface area contributed by atoms with Gasteiger partial charge in [0.1, 0.15) is 0 Å². The highest BCUT2D eigenvalue weighted by atomic mass is 32.2. The van der Waals surface area contributed by atoms with Gasteiger partial charge >= 0.3 is 5.97 Å². The monoisotopic (exact) mass is 240 g/mol. The van der Waals surface area contributed by atoms with E-state index in [1.54, 1.807) is 26.0 Å². The van der Waals surface area contributed by atoms with E-state index < -0.39 is 22.2 Å². The summed E-state index contributed by atoms with van der Waals surface area (Å²) < 4.78 is 11.9. The molecule has 0 saturated heterocycles. The standard InChI is InChI=1S/C12H16O3S/c1-9-4-6-10(7-5-9)16(15)8-12(2,3)11(13)14/h4-7H,8H2,1-3H3,(H,13,14). The van der Waals surface area contributed by atoms with Crippen molar-refractivity contribution in [2.24, 2.45) is 5.41 Å². The molecule has 0 fully saturated rings. The van der Waals surface area contributed by atoms with E-state index >= 15 is 0 Å². The van der Waals surface area contributed by atoms with Gasteiger partial charge in [0.05, 0.1) is 16.2 Å².